The summed E-state index contributed by atoms with van der Waals surface area (Å²) < 4.78 is 5.94. The third-order valence-corrected chi connectivity index (χ3v) is 4.04. The molecule has 1 aromatic carbocycles. The fourth-order valence-electron chi connectivity index (χ4n) is 3.24. The van der Waals surface area contributed by atoms with Crippen LogP contribution in [0.2, 0.25) is 0 Å². The third-order valence-electron chi connectivity index (χ3n) is 4.04. The molecule has 3 heteroatoms. The molecule has 0 amide bonds. The molecule has 3 heterocycles. The third kappa shape index (κ3) is 1.69. The van der Waals surface area contributed by atoms with Crippen molar-refractivity contribution in [2.45, 2.75) is 38.9 Å². The van der Waals surface area contributed by atoms with Gasteiger partial charge in [-0.25, -0.2) is 9.97 Å². The molecular weight excluding hydrogens is 236 g/mol. The quantitative estimate of drug-likeness (QED) is 0.776. The van der Waals surface area contributed by atoms with Gasteiger partial charge in [-0.3, -0.25) is 0 Å². The summed E-state index contributed by atoms with van der Waals surface area (Å²) in [7, 11) is 0. The average Bonchev–Trinajstić information content (AvgIpc) is 2.98. The van der Waals surface area contributed by atoms with E-state index in [4.69, 9.17) is 4.74 Å². The second-order valence-corrected chi connectivity index (χ2v) is 5.51. The Balaban J connectivity index is 1.83. The Kier molecular flexibility index (Phi) is 2.27. The first-order valence-electron chi connectivity index (χ1n) is 6.83. The highest BCUT2D eigenvalue weighted by Crippen LogP contribution is 2.51. The van der Waals surface area contributed by atoms with Crippen LogP contribution in [0.25, 0.3) is 11.4 Å². The summed E-state index contributed by atoms with van der Waals surface area (Å²) >= 11 is 0. The number of ether oxygens (including phenoxy) is 1. The molecule has 0 radical (unpaired) electrons. The van der Waals surface area contributed by atoms with Crippen LogP contribution in [0.3, 0.4) is 0 Å². The summed E-state index contributed by atoms with van der Waals surface area (Å²) in [6.07, 6.45) is 2.94. The number of nitrogens with zero attached hydrogens (tertiary/aromatic N) is 2. The van der Waals surface area contributed by atoms with Crippen LogP contribution in [0.15, 0.2) is 24.3 Å². The Bertz CT molecular complexity index is 646. The summed E-state index contributed by atoms with van der Waals surface area (Å²) in [5.41, 5.74) is 5.84. The number of hydrogen-bond acceptors (Lipinski definition) is 3. The van der Waals surface area contributed by atoms with Crippen molar-refractivity contribution in [2.75, 3.05) is 0 Å². The van der Waals surface area contributed by atoms with Crippen molar-refractivity contribution in [3.63, 3.8) is 0 Å². The summed E-state index contributed by atoms with van der Waals surface area (Å²) in [5, 5.41) is 0. The van der Waals surface area contributed by atoms with Gasteiger partial charge in [-0.1, -0.05) is 12.1 Å². The van der Waals surface area contributed by atoms with Crippen LogP contribution in [-0.4, -0.2) is 9.97 Å². The van der Waals surface area contributed by atoms with Gasteiger partial charge < -0.3 is 4.74 Å². The lowest BCUT2D eigenvalue weighted by Gasteiger charge is -2.12. The van der Waals surface area contributed by atoms with Gasteiger partial charge in [0.05, 0.1) is 12.2 Å². The fourth-order valence-corrected chi connectivity index (χ4v) is 3.24. The lowest BCUT2D eigenvalue weighted by atomic mass is 9.90. The maximum Gasteiger partial charge on any atom is 0.159 e. The van der Waals surface area contributed by atoms with Crippen molar-refractivity contribution in [3.05, 3.63) is 46.8 Å². The predicted molar refractivity (Wildman–Crippen MR) is 72.7 cm³/mol. The molecule has 0 N–H and O–H groups in total. The zero-order valence-corrected chi connectivity index (χ0v) is 11.2. The molecule has 0 aliphatic carbocycles. The van der Waals surface area contributed by atoms with E-state index in [-0.39, 0.29) is 0 Å². The van der Waals surface area contributed by atoms with Gasteiger partial charge in [-0.15, -0.1) is 0 Å². The van der Waals surface area contributed by atoms with Crippen LogP contribution < -0.4 is 0 Å². The molecule has 2 aliphatic heterocycles. The van der Waals surface area contributed by atoms with Crippen molar-refractivity contribution in [2.24, 2.45) is 0 Å². The van der Waals surface area contributed by atoms with Crippen LogP contribution in [0.1, 0.15) is 47.6 Å². The summed E-state index contributed by atoms with van der Waals surface area (Å²) in [6.45, 7) is 4.02. The Morgan fingerprint density at radius 1 is 0.947 bits per heavy atom. The molecule has 1 fully saturated rings. The van der Waals surface area contributed by atoms with E-state index < -0.39 is 0 Å². The smallest absolute Gasteiger partial charge is 0.159 e. The molecular formula is C16H16N2O. The molecule has 3 nitrogen and oxygen atoms in total. The van der Waals surface area contributed by atoms with E-state index in [1.54, 1.807) is 0 Å². The highest BCUT2D eigenvalue weighted by Gasteiger charge is 2.37. The lowest BCUT2D eigenvalue weighted by molar-refractivity contribution is 0.0717. The first kappa shape index (κ1) is 11.1. The Labute approximate surface area is 112 Å². The average molecular weight is 252 g/mol. The topological polar surface area (TPSA) is 35.0 Å². The van der Waals surface area contributed by atoms with Crippen LogP contribution in [0.4, 0.5) is 0 Å². The van der Waals surface area contributed by atoms with E-state index in [2.05, 4.69) is 28.2 Å². The second-order valence-electron chi connectivity index (χ2n) is 5.51. The number of benzene rings is 1. The molecule has 1 aromatic heterocycles. The minimum Gasteiger partial charge on any atom is -0.366 e. The Hall–Kier alpha value is -1.74. The van der Waals surface area contributed by atoms with Crippen LogP contribution in [0.5, 0.6) is 0 Å². The van der Waals surface area contributed by atoms with E-state index in [0.29, 0.717) is 12.2 Å². The molecule has 0 spiro atoms. The second kappa shape index (κ2) is 3.87. The number of aromatic nitrogens is 2. The molecule has 4 rings (SSSR count). The molecule has 2 aliphatic rings. The zero-order chi connectivity index (χ0) is 13.0. The van der Waals surface area contributed by atoms with Crippen molar-refractivity contribution in [1.82, 2.24) is 9.97 Å². The largest absolute Gasteiger partial charge is 0.366 e. The molecule has 2 aromatic rings. The first-order valence-corrected chi connectivity index (χ1v) is 6.83. The maximum atomic E-state index is 5.94. The Morgan fingerprint density at radius 2 is 1.63 bits per heavy atom. The molecule has 19 heavy (non-hydrogen) atoms. The molecule has 2 bridgehead atoms. The normalized spacial score (nSPS) is 23.7. The first-order chi connectivity index (χ1) is 9.20. The fraction of sp³-hybridized carbons (Fsp3) is 0.375. The van der Waals surface area contributed by atoms with E-state index in [1.165, 1.54) is 11.1 Å². The minimum absolute atomic E-state index is 0.297. The number of rotatable bonds is 1. The lowest BCUT2D eigenvalue weighted by Crippen LogP contribution is -2.00. The van der Waals surface area contributed by atoms with Crippen LogP contribution >= 0.6 is 0 Å². The molecule has 96 valence electrons. The van der Waals surface area contributed by atoms with Crippen LogP contribution in [-0.2, 0) is 4.74 Å². The number of fused-ring (bicyclic) bond motifs is 5. The molecule has 2 atom stereocenters. The standard InChI is InChI=1S/C16H16N2O/c1-9-7-10(2)18-16(17-9)11-3-4-12-13(8-11)15-6-5-14(12)19-15/h3-4,7-8,14-15H,5-6H2,1-2H3. The SMILES string of the molecule is Cc1cc(C)nc(-c2ccc3c(c2)C2CCC3O2)n1. The summed E-state index contributed by atoms with van der Waals surface area (Å²) in [4.78, 5) is 9.08. The van der Waals surface area contributed by atoms with E-state index >= 15 is 0 Å². The van der Waals surface area contributed by atoms with Gasteiger partial charge in [0.15, 0.2) is 5.82 Å². The summed E-state index contributed by atoms with van der Waals surface area (Å²) in [6, 6.07) is 8.53. The van der Waals surface area contributed by atoms with Gasteiger partial charge in [-0.05, 0) is 49.9 Å². The number of hydrogen-bond donors (Lipinski definition) is 0. The van der Waals surface area contributed by atoms with Gasteiger partial charge in [0.2, 0.25) is 0 Å². The molecule has 2 unspecified atom stereocenters. The predicted octanol–water partition coefficient (Wildman–Crippen LogP) is 3.67. The highest BCUT2D eigenvalue weighted by molar-refractivity contribution is 5.59. The van der Waals surface area contributed by atoms with E-state index in [0.717, 1.165) is 35.6 Å². The number of aryl methyl sites for hydroxylation is 2. The van der Waals surface area contributed by atoms with Crippen molar-refractivity contribution >= 4 is 0 Å². The zero-order valence-electron chi connectivity index (χ0n) is 11.2. The Morgan fingerprint density at radius 3 is 2.37 bits per heavy atom. The van der Waals surface area contributed by atoms with E-state index in [9.17, 15) is 0 Å². The van der Waals surface area contributed by atoms with Gasteiger partial charge in [-0.2, -0.15) is 0 Å². The van der Waals surface area contributed by atoms with E-state index in [1.807, 2.05) is 19.9 Å². The van der Waals surface area contributed by atoms with Crippen molar-refractivity contribution < 1.29 is 4.74 Å². The van der Waals surface area contributed by atoms with Crippen LogP contribution in [0, 0.1) is 13.8 Å². The van der Waals surface area contributed by atoms with Crippen molar-refractivity contribution in [3.8, 4) is 11.4 Å². The maximum absolute atomic E-state index is 5.94. The van der Waals surface area contributed by atoms with Crippen molar-refractivity contribution in [1.29, 1.82) is 0 Å². The highest BCUT2D eigenvalue weighted by atomic mass is 16.5. The monoisotopic (exact) mass is 252 g/mol. The summed E-state index contributed by atoms with van der Waals surface area (Å²) in [5.74, 6) is 0.822. The van der Waals surface area contributed by atoms with Gasteiger partial charge in [0.25, 0.3) is 0 Å². The molecule has 0 saturated carbocycles. The van der Waals surface area contributed by atoms with Gasteiger partial charge >= 0.3 is 0 Å². The van der Waals surface area contributed by atoms with Gasteiger partial charge in [0.1, 0.15) is 0 Å². The molecule has 1 saturated heterocycles. The van der Waals surface area contributed by atoms with Gasteiger partial charge in [0, 0.05) is 17.0 Å². The minimum atomic E-state index is 0.297.